The second kappa shape index (κ2) is 12.3. The van der Waals surface area contributed by atoms with E-state index in [1.165, 1.54) is 22.3 Å². The lowest BCUT2D eigenvalue weighted by molar-refractivity contribution is 0.669. The van der Waals surface area contributed by atoms with Gasteiger partial charge in [-0.05, 0) is 57.1 Å². The summed E-state index contributed by atoms with van der Waals surface area (Å²) in [6, 6.07) is 61.1. The summed E-state index contributed by atoms with van der Waals surface area (Å²) < 4.78 is 6.37. The van der Waals surface area contributed by atoms with E-state index < -0.39 is 6.17 Å². The molecule has 232 valence electrons. The van der Waals surface area contributed by atoms with Crippen molar-refractivity contribution in [2.24, 2.45) is 9.98 Å². The number of amidine groups is 2. The molecule has 0 fully saturated rings. The monoisotopic (exact) mass is 629 g/mol. The molecule has 4 nitrogen and oxygen atoms in total. The topological polar surface area (TPSA) is 49.9 Å². The van der Waals surface area contributed by atoms with Crippen molar-refractivity contribution in [2.75, 3.05) is 0 Å². The Bertz CT molecular complexity index is 2480. The van der Waals surface area contributed by atoms with Gasteiger partial charge in [-0.15, -0.1) is 0 Å². The fraction of sp³-hybridized carbons (Fsp3) is 0.0222. The van der Waals surface area contributed by atoms with Crippen molar-refractivity contribution in [3.8, 4) is 33.4 Å². The number of rotatable bonds is 6. The van der Waals surface area contributed by atoms with E-state index in [1.54, 1.807) is 0 Å². The van der Waals surface area contributed by atoms with Crippen LogP contribution in [-0.4, -0.2) is 11.7 Å². The molecule has 0 bridgehead atoms. The molecular formula is C45H31N3O. The summed E-state index contributed by atoms with van der Waals surface area (Å²) in [5, 5.41) is 5.68. The molecule has 49 heavy (non-hydrogen) atoms. The zero-order chi connectivity index (χ0) is 32.6. The highest BCUT2D eigenvalue weighted by Gasteiger charge is 2.23. The lowest BCUT2D eigenvalue weighted by Crippen LogP contribution is -2.36. The van der Waals surface area contributed by atoms with Crippen LogP contribution < -0.4 is 5.32 Å². The van der Waals surface area contributed by atoms with Crippen LogP contribution in [0.5, 0.6) is 0 Å². The third-order valence-corrected chi connectivity index (χ3v) is 9.18. The smallest absolute Gasteiger partial charge is 0.169 e. The lowest BCUT2D eigenvalue weighted by Gasteiger charge is -2.23. The summed E-state index contributed by atoms with van der Waals surface area (Å²) in [6.07, 6.45) is -0.422. The Kier molecular flexibility index (Phi) is 7.17. The second-order valence-corrected chi connectivity index (χ2v) is 12.2. The molecule has 0 aliphatic carbocycles. The summed E-state index contributed by atoms with van der Waals surface area (Å²) in [5.41, 5.74) is 11.7. The van der Waals surface area contributed by atoms with Gasteiger partial charge in [-0.2, -0.15) is 0 Å². The molecule has 7 aromatic carbocycles. The summed E-state index contributed by atoms with van der Waals surface area (Å²) >= 11 is 0. The van der Waals surface area contributed by atoms with E-state index in [4.69, 9.17) is 14.4 Å². The van der Waals surface area contributed by atoms with Crippen molar-refractivity contribution >= 4 is 33.6 Å². The molecule has 0 amide bonds. The molecule has 2 heterocycles. The van der Waals surface area contributed by atoms with Crippen LogP contribution in [0.2, 0.25) is 0 Å². The van der Waals surface area contributed by atoms with Crippen LogP contribution in [0.4, 0.5) is 0 Å². The highest BCUT2D eigenvalue weighted by atomic mass is 16.3. The molecule has 0 saturated heterocycles. The molecule has 1 N–H and O–H groups in total. The Labute approximate surface area is 284 Å². The molecule has 1 atom stereocenters. The SMILES string of the molecule is c1ccc(C2=NC(c3ccc(-c4ccc(-c5ccccc5)cc4)cc3)N=C(c3cccc4oc5ccc(-c6ccccc6)cc5c34)N2)cc1. The van der Waals surface area contributed by atoms with Gasteiger partial charge < -0.3 is 9.73 Å². The second-order valence-electron chi connectivity index (χ2n) is 12.2. The molecule has 1 aromatic heterocycles. The Morgan fingerprint density at radius 1 is 0.408 bits per heavy atom. The van der Waals surface area contributed by atoms with Gasteiger partial charge in [0.2, 0.25) is 0 Å². The third-order valence-electron chi connectivity index (χ3n) is 9.18. The van der Waals surface area contributed by atoms with Crippen LogP contribution in [0.15, 0.2) is 190 Å². The fourth-order valence-corrected chi connectivity index (χ4v) is 6.65. The largest absolute Gasteiger partial charge is 0.456 e. The number of aliphatic imine (C=N–C) groups is 2. The quantitative estimate of drug-likeness (QED) is 0.199. The van der Waals surface area contributed by atoms with E-state index in [-0.39, 0.29) is 0 Å². The van der Waals surface area contributed by atoms with Gasteiger partial charge in [0.1, 0.15) is 22.8 Å². The standard InChI is InChI=1S/C45H31N3O/c1-4-11-30(12-5-1)32-19-21-33(22-20-32)34-23-25-36(26-24-34)44-46-43(35-15-8-3-9-16-35)47-45(48-44)38-17-10-18-41-42(38)39-29-37(27-28-40(39)49-41)31-13-6-2-7-14-31/h1-29,44H,(H,46,47,48). The van der Waals surface area contributed by atoms with E-state index in [2.05, 4.69) is 139 Å². The Morgan fingerprint density at radius 2 is 0.918 bits per heavy atom. The molecule has 1 aliphatic rings. The first-order valence-electron chi connectivity index (χ1n) is 16.5. The van der Waals surface area contributed by atoms with Gasteiger partial charge in [-0.25, -0.2) is 9.98 Å². The van der Waals surface area contributed by atoms with Crippen molar-refractivity contribution < 1.29 is 4.42 Å². The predicted molar refractivity (Wildman–Crippen MR) is 202 cm³/mol. The van der Waals surface area contributed by atoms with Gasteiger partial charge in [0, 0.05) is 21.9 Å². The summed E-state index contributed by atoms with van der Waals surface area (Å²) in [4.78, 5) is 10.4. The number of benzene rings is 7. The van der Waals surface area contributed by atoms with E-state index in [0.717, 1.165) is 61.4 Å². The number of nitrogens with zero attached hydrogens (tertiary/aromatic N) is 2. The molecule has 4 heteroatoms. The zero-order valence-electron chi connectivity index (χ0n) is 26.6. The van der Waals surface area contributed by atoms with Gasteiger partial charge in [0.15, 0.2) is 6.17 Å². The van der Waals surface area contributed by atoms with Gasteiger partial charge in [-0.3, -0.25) is 0 Å². The van der Waals surface area contributed by atoms with Crippen LogP contribution in [0.25, 0.3) is 55.3 Å². The minimum absolute atomic E-state index is 0.422. The maximum atomic E-state index is 6.37. The average molecular weight is 630 g/mol. The molecule has 8 aromatic rings. The van der Waals surface area contributed by atoms with E-state index >= 15 is 0 Å². The lowest BCUT2D eigenvalue weighted by atomic mass is 9.99. The Morgan fingerprint density at radius 3 is 1.55 bits per heavy atom. The van der Waals surface area contributed by atoms with E-state index in [0.29, 0.717) is 0 Å². The molecule has 1 aliphatic heterocycles. The number of hydrogen-bond acceptors (Lipinski definition) is 4. The predicted octanol–water partition coefficient (Wildman–Crippen LogP) is 11.1. The van der Waals surface area contributed by atoms with E-state index in [1.807, 2.05) is 42.5 Å². The van der Waals surface area contributed by atoms with Gasteiger partial charge in [0.05, 0.1) is 0 Å². The van der Waals surface area contributed by atoms with Gasteiger partial charge in [0.25, 0.3) is 0 Å². The van der Waals surface area contributed by atoms with Crippen molar-refractivity contribution in [1.82, 2.24) is 5.32 Å². The minimum Gasteiger partial charge on any atom is -0.456 e. The number of nitrogens with one attached hydrogen (secondary N) is 1. The zero-order valence-corrected chi connectivity index (χ0v) is 26.6. The first-order chi connectivity index (χ1) is 24.3. The first-order valence-corrected chi connectivity index (χ1v) is 16.5. The number of fused-ring (bicyclic) bond motifs is 3. The highest BCUT2D eigenvalue weighted by molar-refractivity contribution is 6.23. The highest BCUT2D eigenvalue weighted by Crippen LogP contribution is 2.36. The maximum absolute atomic E-state index is 6.37. The van der Waals surface area contributed by atoms with Crippen molar-refractivity contribution in [1.29, 1.82) is 0 Å². The molecule has 0 saturated carbocycles. The van der Waals surface area contributed by atoms with Crippen LogP contribution in [0.1, 0.15) is 22.9 Å². The summed E-state index contributed by atoms with van der Waals surface area (Å²) in [7, 11) is 0. The molecule has 0 spiro atoms. The molecule has 0 radical (unpaired) electrons. The Hall–Kier alpha value is -6.52. The first kappa shape index (κ1) is 28.7. The molecule has 9 rings (SSSR count). The minimum atomic E-state index is -0.422. The Balaban J connectivity index is 1.11. The van der Waals surface area contributed by atoms with Crippen LogP contribution in [0, 0.1) is 0 Å². The van der Waals surface area contributed by atoms with Crippen LogP contribution >= 0.6 is 0 Å². The maximum Gasteiger partial charge on any atom is 0.169 e. The van der Waals surface area contributed by atoms with Crippen LogP contribution in [0.3, 0.4) is 0 Å². The summed E-state index contributed by atoms with van der Waals surface area (Å²) in [6.45, 7) is 0. The van der Waals surface area contributed by atoms with E-state index in [9.17, 15) is 0 Å². The molecule has 1 unspecified atom stereocenters. The van der Waals surface area contributed by atoms with Crippen molar-refractivity contribution in [2.45, 2.75) is 6.17 Å². The number of hydrogen-bond donors (Lipinski definition) is 1. The molecular weight excluding hydrogens is 599 g/mol. The third kappa shape index (κ3) is 5.49. The fourth-order valence-electron chi connectivity index (χ4n) is 6.65. The van der Waals surface area contributed by atoms with Gasteiger partial charge >= 0.3 is 0 Å². The summed E-state index contributed by atoms with van der Waals surface area (Å²) in [5.74, 6) is 1.55. The number of furan rings is 1. The van der Waals surface area contributed by atoms with Crippen LogP contribution in [-0.2, 0) is 0 Å². The normalized spacial score (nSPS) is 14.3. The van der Waals surface area contributed by atoms with Gasteiger partial charge in [-0.1, -0.05) is 158 Å². The van der Waals surface area contributed by atoms with Crippen molar-refractivity contribution in [3.05, 3.63) is 193 Å². The average Bonchev–Trinajstić information content (AvgIpc) is 3.57. The van der Waals surface area contributed by atoms with Crippen molar-refractivity contribution in [3.63, 3.8) is 0 Å².